The fourth-order valence-corrected chi connectivity index (χ4v) is 3.42. The van der Waals surface area contributed by atoms with Gasteiger partial charge in [0.05, 0.1) is 16.3 Å². The minimum atomic E-state index is -3.64. The monoisotopic (exact) mass is 290 g/mol. The van der Waals surface area contributed by atoms with E-state index in [0.717, 1.165) is 11.1 Å². The van der Waals surface area contributed by atoms with Crippen molar-refractivity contribution in [2.45, 2.75) is 25.7 Å². The molecule has 2 aromatic carbocycles. The molecule has 0 fully saturated rings. The Labute approximate surface area is 119 Å². The number of sulfonamides is 1. The van der Waals surface area contributed by atoms with Crippen LogP contribution in [-0.2, 0) is 10.0 Å². The van der Waals surface area contributed by atoms with Gasteiger partial charge >= 0.3 is 0 Å². The molecule has 0 saturated heterocycles. The zero-order valence-electron chi connectivity index (χ0n) is 11.8. The van der Waals surface area contributed by atoms with E-state index in [2.05, 4.69) is 4.72 Å². The molecule has 0 spiro atoms. The zero-order chi connectivity index (χ0) is 14.9. The molecule has 0 radical (unpaired) electrons. The van der Waals surface area contributed by atoms with Crippen LogP contribution in [0.25, 0.3) is 0 Å². The first-order valence-electron chi connectivity index (χ1n) is 6.27. The van der Waals surface area contributed by atoms with Crippen molar-refractivity contribution in [3.63, 3.8) is 0 Å². The number of hydrogen-bond donors (Lipinski definition) is 2. The predicted molar refractivity (Wildman–Crippen MR) is 82.3 cm³/mol. The maximum Gasteiger partial charge on any atom is 0.262 e. The summed E-state index contributed by atoms with van der Waals surface area (Å²) in [6.07, 6.45) is 0. The van der Waals surface area contributed by atoms with Gasteiger partial charge in [-0.15, -0.1) is 0 Å². The molecule has 0 saturated carbocycles. The Balaban J connectivity index is 2.50. The highest BCUT2D eigenvalue weighted by Crippen LogP contribution is 2.28. The third-order valence-corrected chi connectivity index (χ3v) is 4.90. The van der Waals surface area contributed by atoms with Crippen LogP contribution < -0.4 is 10.5 Å². The largest absolute Gasteiger partial charge is 0.397 e. The Morgan fingerprint density at radius 1 is 0.950 bits per heavy atom. The number of hydrogen-bond acceptors (Lipinski definition) is 3. The van der Waals surface area contributed by atoms with Crippen LogP contribution in [0, 0.1) is 20.8 Å². The molecule has 0 amide bonds. The number of nitrogens with two attached hydrogens (primary N) is 1. The van der Waals surface area contributed by atoms with Gasteiger partial charge in [-0.05, 0) is 49.6 Å². The Bertz CT molecular complexity index is 752. The second-order valence-electron chi connectivity index (χ2n) is 4.84. The van der Waals surface area contributed by atoms with Crippen LogP contribution >= 0.6 is 0 Å². The van der Waals surface area contributed by atoms with E-state index in [9.17, 15) is 8.42 Å². The molecule has 0 heterocycles. The van der Waals surface area contributed by atoms with E-state index in [1.54, 1.807) is 37.3 Å². The van der Waals surface area contributed by atoms with E-state index in [4.69, 9.17) is 5.73 Å². The van der Waals surface area contributed by atoms with Crippen LogP contribution in [-0.4, -0.2) is 8.42 Å². The average molecular weight is 290 g/mol. The molecule has 2 aromatic rings. The molecule has 0 aliphatic rings. The molecule has 5 heteroatoms. The topological polar surface area (TPSA) is 72.2 Å². The molecule has 0 unspecified atom stereocenters. The van der Waals surface area contributed by atoms with Crippen molar-refractivity contribution in [3.8, 4) is 0 Å². The van der Waals surface area contributed by atoms with Crippen LogP contribution in [0.15, 0.2) is 41.3 Å². The molecule has 0 atom stereocenters. The molecule has 0 aliphatic carbocycles. The van der Waals surface area contributed by atoms with Crippen molar-refractivity contribution in [2.24, 2.45) is 0 Å². The van der Waals surface area contributed by atoms with E-state index >= 15 is 0 Å². The smallest absolute Gasteiger partial charge is 0.262 e. The highest BCUT2D eigenvalue weighted by molar-refractivity contribution is 7.92. The Morgan fingerprint density at radius 2 is 1.60 bits per heavy atom. The lowest BCUT2D eigenvalue weighted by molar-refractivity contribution is 0.600. The first-order chi connectivity index (χ1) is 9.33. The van der Waals surface area contributed by atoms with Gasteiger partial charge in [-0.3, -0.25) is 4.72 Å². The molecular formula is C15H18N2O2S. The summed E-state index contributed by atoms with van der Waals surface area (Å²) in [5.74, 6) is 0. The van der Waals surface area contributed by atoms with E-state index in [0.29, 0.717) is 16.9 Å². The molecule has 106 valence electrons. The number of aryl methyl sites for hydroxylation is 2. The SMILES string of the molecule is Cc1ccccc1S(=O)(=O)Nc1c(N)ccc(C)c1C. The van der Waals surface area contributed by atoms with Gasteiger partial charge in [-0.2, -0.15) is 0 Å². The lowest BCUT2D eigenvalue weighted by Crippen LogP contribution is -2.16. The summed E-state index contributed by atoms with van der Waals surface area (Å²) in [4.78, 5) is 0.264. The summed E-state index contributed by atoms with van der Waals surface area (Å²) in [6, 6.07) is 10.4. The standard InChI is InChI=1S/C15H18N2O2S/c1-10-8-9-13(16)15(12(10)3)17-20(18,19)14-7-5-4-6-11(14)2/h4-9,17H,16H2,1-3H3. The summed E-state index contributed by atoms with van der Waals surface area (Å²) in [5.41, 5.74) is 9.28. The first-order valence-corrected chi connectivity index (χ1v) is 7.75. The summed E-state index contributed by atoms with van der Waals surface area (Å²) in [6.45, 7) is 5.53. The van der Waals surface area contributed by atoms with Gasteiger partial charge in [0.2, 0.25) is 0 Å². The summed E-state index contributed by atoms with van der Waals surface area (Å²) in [5, 5.41) is 0. The fourth-order valence-electron chi connectivity index (χ4n) is 2.02. The van der Waals surface area contributed by atoms with Crippen molar-refractivity contribution in [1.29, 1.82) is 0 Å². The normalized spacial score (nSPS) is 11.3. The molecule has 4 nitrogen and oxygen atoms in total. The van der Waals surface area contributed by atoms with Crippen LogP contribution in [0.5, 0.6) is 0 Å². The predicted octanol–water partition coefficient (Wildman–Crippen LogP) is 2.99. The summed E-state index contributed by atoms with van der Waals surface area (Å²) < 4.78 is 27.5. The zero-order valence-corrected chi connectivity index (χ0v) is 12.6. The highest BCUT2D eigenvalue weighted by Gasteiger charge is 2.19. The van der Waals surface area contributed by atoms with E-state index in [-0.39, 0.29) is 4.90 Å². The number of nitrogens with one attached hydrogen (secondary N) is 1. The molecule has 20 heavy (non-hydrogen) atoms. The van der Waals surface area contributed by atoms with Crippen molar-refractivity contribution < 1.29 is 8.42 Å². The third kappa shape index (κ3) is 2.63. The van der Waals surface area contributed by atoms with E-state index in [1.165, 1.54) is 0 Å². The van der Waals surface area contributed by atoms with Crippen LogP contribution in [0.4, 0.5) is 11.4 Å². The molecular weight excluding hydrogens is 272 g/mol. The maximum atomic E-state index is 12.5. The van der Waals surface area contributed by atoms with Gasteiger partial charge in [-0.1, -0.05) is 24.3 Å². The van der Waals surface area contributed by atoms with E-state index in [1.807, 2.05) is 19.9 Å². The highest BCUT2D eigenvalue weighted by atomic mass is 32.2. The number of benzene rings is 2. The van der Waals surface area contributed by atoms with Crippen LogP contribution in [0.1, 0.15) is 16.7 Å². The second kappa shape index (κ2) is 5.17. The van der Waals surface area contributed by atoms with Gasteiger partial charge in [0.25, 0.3) is 10.0 Å². The van der Waals surface area contributed by atoms with Gasteiger partial charge in [0.15, 0.2) is 0 Å². The van der Waals surface area contributed by atoms with Crippen LogP contribution in [0.2, 0.25) is 0 Å². The third-order valence-electron chi connectivity index (χ3n) is 3.39. The molecule has 3 N–H and O–H groups in total. The van der Waals surface area contributed by atoms with Gasteiger partial charge < -0.3 is 5.73 Å². The fraction of sp³-hybridized carbons (Fsp3) is 0.200. The number of rotatable bonds is 3. The summed E-state index contributed by atoms with van der Waals surface area (Å²) >= 11 is 0. The Hall–Kier alpha value is -2.01. The van der Waals surface area contributed by atoms with Gasteiger partial charge in [-0.25, -0.2) is 8.42 Å². The Kier molecular flexibility index (Phi) is 3.72. The molecule has 2 rings (SSSR count). The molecule has 0 bridgehead atoms. The van der Waals surface area contributed by atoms with Crippen molar-refractivity contribution in [3.05, 3.63) is 53.1 Å². The minimum Gasteiger partial charge on any atom is -0.397 e. The van der Waals surface area contributed by atoms with Crippen molar-refractivity contribution >= 4 is 21.4 Å². The van der Waals surface area contributed by atoms with Gasteiger partial charge in [0.1, 0.15) is 0 Å². The lowest BCUT2D eigenvalue weighted by Gasteiger charge is -2.15. The quantitative estimate of drug-likeness (QED) is 0.854. The maximum absolute atomic E-state index is 12.5. The second-order valence-corrected chi connectivity index (χ2v) is 6.49. The van der Waals surface area contributed by atoms with Crippen molar-refractivity contribution in [1.82, 2.24) is 0 Å². The Morgan fingerprint density at radius 3 is 2.25 bits per heavy atom. The summed E-state index contributed by atoms with van der Waals surface area (Å²) in [7, 11) is -3.64. The molecule has 0 aromatic heterocycles. The number of anilines is 2. The first kappa shape index (κ1) is 14.4. The van der Waals surface area contributed by atoms with Gasteiger partial charge in [0, 0.05) is 0 Å². The minimum absolute atomic E-state index is 0.264. The van der Waals surface area contributed by atoms with Crippen molar-refractivity contribution in [2.75, 3.05) is 10.5 Å². The molecule has 0 aliphatic heterocycles. The number of nitrogen functional groups attached to an aromatic ring is 1. The van der Waals surface area contributed by atoms with E-state index < -0.39 is 10.0 Å². The average Bonchev–Trinajstić information content (AvgIpc) is 2.39. The lowest BCUT2D eigenvalue weighted by atomic mass is 10.1. The van der Waals surface area contributed by atoms with Crippen LogP contribution in [0.3, 0.4) is 0 Å².